The van der Waals surface area contributed by atoms with Crippen molar-refractivity contribution in [3.8, 4) is 0 Å². The van der Waals surface area contributed by atoms with E-state index in [1.807, 2.05) is 4.90 Å². The van der Waals surface area contributed by atoms with Crippen molar-refractivity contribution in [2.24, 2.45) is 5.92 Å². The maximum absolute atomic E-state index is 11.6. The van der Waals surface area contributed by atoms with Crippen LogP contribution in [0, 0.1) is 5.92 Å². The van der Waals surface area contributed by atoms with Crippen LogP contribution in [-0.4, -0.2) is 23.9 Å². The second-order valence-electron chi connectivity index (χ2n) is 4.34. The summed E-state index contributed by atoms with van der Waals surface area (Å²) in [7, 11) is 0. The molecule has 1 unspecified atom stereocenters. The number of carbonyl (C=O) groups excluding carboxylic acids is 1. The summed E-state index contributed by atoms with van der Waals surface area (Å²) in [4.78, 5) is 13.5. The van der Waals surface area contributed by atoms with Crippen molar-refractivity contribution in [1.29, 1.82) is 0 Å². The van der Waals surface area contributed by atoms with E-state index in [4.69, 9.17) is 0 Å². The smallest absolute Gasteiger partial charge is 0.226 e. The van der Waals surface area contributed by atoms with Crippen molar-refractivity contribution >= 4 is 5.91 Å². The van der Waals surface area contributed by atoms with E-state index in [1.54, 1.807) is 0 Å². The topological polar surface area (TPSA) is 44.4 Å². The molecule has 0 spiro atoms. The fraction of sp³-hybridized carbons (Fsp3) is 0.545. The van der Waals surface area contributed by atoms with Crippen molar-refractivity contribution in [3.05, 3.63) is 23.5 Å². The molecule has 80 valence electrons. The molecule has 4 nitrogen and oxygen atoms in total. The van der Waals surface area contributed by atoms with E-state index in [-0.39, 0.29) is 5.91 Å². The zero-order chi connectivity index (χ0) is 10.3. The van der Waals surface area contributed by atoms with Gasteiger partial charge in [-0.2, -0.15) is 0 Å². The normalized spacial score (nSPS) is 29.7. The molecule has 1 atom stereocenters. The van der Waals surface area contributed by atoms with Crippen LogP contribution >= 0.6 is 0 Å². The third-order valence-corrected chi connectivity index (χ3v) is 3.35. The average molecular weight is 205 g/mol. The predicted molar refractivity (Wildman–Crippen MR) is 56.4 cm³/mol. The van der Waals surface area contributed by atoms with E-state index in [0.717, 1.165) is 32.4 Å². The second-order valence-corrected chi connectivity index (χ2v) is 4.34. The molecule has 15 heavy (non-hydrogen) atoms. The molecule has 2 heterocycles. The minimum atomic E-state index is 0.289. The number of hydrogen-bond acceptors (Lipinski definition) is 3. The SMILES string of the molecule is O=C1CCCN1C1=CC=C2NNCC2C1. The summed E-state index contributed by atoms with van der Waals surface area (Å²) in [5.41, 5.74) is 8.72. The molecule has 2 aliphatic heterocycles. The van der Waals surface area contributed by atoms with Gasteiger partial charge in [0.15, 0.2) is 0 Å². The van der Waals surface area contributed by atoms with Gasteiger partial charge in [0.1, 0.15) is 0 Å². The van der Waals surface area contributed by atoms with Crippen molar-refractivity contribution in [1.82, 2.24) is 15.8 Å². The highest BCUT2D eigenvalue weighted by molar-refractivity contribution is 5.80. The van der Waals surface area contributed by atoms with Crippen LogP contribution in [0.3, 0.4) is 0 Å². The third-order valence-electron chi connectivity index (χ3n) is 3.35. The highest BCUT2D eigenvalue weighted by Gasteiger charge is 2.30. The van der Waals surface area contributed by atoms with Crippen molar-refractivity contribution in [3.63, 3.8) is 0 Å². The maximum Gasteiger partial charge on any atom is 0.226 e. The van der Waals surface area contributed by atoms with Crippen LogP contribution in [0.2, 0.25) is 0 Å². The Morgan fingerprint density at radius 1 is 1.40 bits per heavy atom. The number of allylic oxidation sites excluding steroid dienone is 3. The Hall–Kier alpha value is -1.29. The second kappa shape index (κ2) is 3.38. The number of hydrogen-bond donors (Lipinski definition) is 2. The molecular formula is C11H15N3O. The van der Waals surface area contributed by atoms with Gasteiger partial charge >= 0.3 is 0 Å². The van der Waals surface area contributed by atoms with Crippen LogP contribution in [0.15, 0.2) is 23.5 Å². The first-order valence-corrected chi connectivity index (χ1v) is 5.54. The van der Waals surface area contributed by atoms with Gasteiger partial charge in [-0.15, -0.1) is 0 Å². The van der Waals surface area contributed by atoms with Crippen LogP contribution in [0.4, 0.5) is 0 Å². The molecule has 1 aliphatic carbocycles. The lowest BCUT2D eigenvalue weighted by Crippen LogP contribution is -2.27. The molecule has 2 saturated heterocycles. The van der Waals surface area contributed by atoms with Crippen LogP contribution in [0.5, 0.6) is 0 Å². The number of carbonyl (C=O) groups is 1. The highest BCUT2D eigenvalue weighted by atomic mass is 16.2. The molecule has 4 heteroatoms. The molecule has 2 fully saturated rings. The quantitative estimate of drug-likeness (QED) is 0.655. The van der Waals surface area contributed by atoms with Crippen molar-refractivity contribution < 1.29 is 4.79 Å². The molecule has 0 aromatic rings. The summed E-state index contributed by atoms with van der Waals surface area (Å²) >= 11 is 0. The van der Waals surface area contributed by atoms with Gasteiger partial charge in [-0.25, -0.2) is 5.43 Å². The Morgan fingerprint density at radius 2 is 2.33 bits per heavy atom. The summed E-state index contributed by atoms with van der Waals surface area (Å²) in [6.07, 6.45) is 6.88. The number of fused-ring (bicyclic) bond motifs is 1. The van der Waals surface area contributed by atoms with Crippen LogP contribution in [0.25, 0.3) is 0 Å². The van der Waals surface area contributed by atoms with Gasteiger partial charge in [0.25, 0.3) is 0 Å². The fourth-order valence-electron chi connectivity index (χ4n) is 2.51. The van der Waals surface area contributed by atoms with E-state index >= 15 is 0 Å². The van der Waals surface area contributed by atoms with Crippen molar-refractivity contribution in [2.75, 3.05) is 13.1 Å². The molecule has 0 aromatic heterocycles. The van der Waals surface area contributed by atoms with E-state index in [1.165, 1.54) is 11.4 Å². The molecule has 2 N–H and O–H groups in total. The third kappa shape index (κ3) is 1.45. The molecule has 3 rings (SSSR count). The Bertz CT molecular complexity index is 359. The largest absolute Gasteiger partial charge is 0.325 e. The van der Waals surface area contributed by atoms with E-state index in [2.05, 4.69) is 23.0 Å². The molecule has 0 saturated carbocycles. The number of rotatable bonds is 1. The molecular weight excluding hydrogens is 190 g/mol. The van der Waals surface area contributed by atoms with Gasteiger partial charge in [0.05, 0.1) is 0 Å². The maximum atomic E-state index is 11.6. The number of nitrogens with zero attached hydrogens (tertiary/aromatic N) is 1. The first kappa shape index (κ1) is 8.97. The lowest BCUT2D eigenvalue weighted by Gasteiger charge is -2.24. The van der Waals surface area contributed by atoms with Crippen LogP contribution in [-0.2, 0) is 4.79 Å². The fourth-order valence-corrected chi connectivity index (χ4v) is 2.51. The number of hydrazine groups is 1. The van der Waals surface area contributed by atoms with Crippen molar-refractivity contribution in [2.45, 2.75) is 19.3 Å². The first-order chi connectivity index (χ1) is 7.34. The van der Waals surface area contributed by atoms with Gasteiger partial charge < -0.3 is 10.3 Å². The average Bonchev–Trinajstić information content (AvgIpc) is 2.84. The molecule has 1 amide bonds. The Morgan fingerprint density at radius 3 is 3.13 bits per heavy atom. The molecule has 0 radical (unpaired) electrons. The summed E-state index contributed by atoms with van der Waals surface area (Å²) in [5.74, 6) is 0.815. The zero-order valence-corrected chi connectivity index (χ0v) is 8.62. The number of amides is 1. The van der Waals surface area contributed by atoms with Gasteiger partial charge in [0, 0.05) is 36.8 Å². The van der Waals surface area contributed by atoms with E-state index < -0.39 is 0 Å². The Labute approximate surface area is 89.0 Å². The number of likely N-dealkylation sites (tertiary alicyclic amines) is 1. The van der Waals surface area contributed by atoms with E-state index in [9.17, 15) is 4.79 Å². The molecule has 0 aromatic carbocycles. The summed E-state index contributed by atoms with van der Waals surface area (Å²) in [6.45, 7) is 1.87. The van der Waals surface area contributed by atoms with Gasteiger partial charge in [-0.05, 0) is 25.0 Å². The lowest BCUT2D eigenvalue weighted by molar-refractivity contribution is -0.126. The number of nitrogens with one attached hydrogen (secondary N) is 2. The first-order valence-electron chi connectivity index (χ1n) is 5.54. The minimum absolute atomic E-state index is 0.289. The van der Waals surface area contributed by atoms with Crippen LogP contribution in [0.1, 0.15) is 19.3 Å². The summed E-state index contributed by atoms with van der Waals surface area (Å²) in [5, 5.41) is 0. The van der Waals surface area contributed by atoms with Gasteiger partial charge in [-0.3, -0.25) is 4.79 Å². The van der Waals surface area contributed by atoms with Gasteiger partial charge in [0.2, 0.25) is 5.91 Å². The highest BCUT2D eigenvalue weighted by Crippen LogP contribution is 2.29. The van der Waals surface area contributed by atoms with Crippen LogP contribution < -0.4 is 10.9 Å². The summed E-state index contributed by atoms with van der Waals surface area (Å²) < 4.78 is 0. The predicted octanol–water partition coefficient (Wildman–Crippen LogP) is 0.504. The minimum Gasteiger partial charge on any atom is -0.325 e. The zero-order valence-electron chi connectivity index (χ0n) is 8.62. The summed E-state index contributed by atoms with van der Waals surface area (Å²) in [6, 6.07) is 0. The Balaban J connectivity index is 1.81. The molecule has 3 aliphatic rings. The monoisotopic (exact) mass is 205 g/mol. The lowest BCUT2D eigenvalue weighted by atomic mass is 9.95. The van der Waals surface area contributed by atoms with Gasteiger partial charge in [-0.1, -0.05) is 0 Å². The molecule has 0 bridgehead atoms. The van der Waals surface area contributed by atoms with E-state index in [0.29, 0.717) is 5.92 Å². The Kier molecular flexibility index (Phi) is 2.02. The standard InChI is InChI=1S/C11H15N3O/c15-11-2-1-5-14(11)9-3-4-10-8(6-9)7-12-13-10/h3-4,8,12-13H,1-2,5-7H2.